The van der Waals surface area contributed by atoms with Gasteiger partial charge in [-0.25, -0.2) is 9.18 Å². The van der Waals surface area contributed by atoms with Crippen molar-refractivity contribution in [3.8, 4) is 5.75 Å². The van der Waals surface area contributed by atoms with Crippen molar-refractivity contribution in [1.82, 2.24) is 10.2 Å². The van der Waals surface area contributed by atoms with Gasteiger partial charge in [-0.1, -0.05) is 48.0 Å². The number of aryl methyl sites for hydroxylation is 1. The van der Waals surface area contributed by atoms with Crippen molar-refractivity contribution in [2.24, 2.45) is 0 Å². The lowest BCUT2D eigenvalue weighted by molar-refractivity contribution is -0.123. The number of para-hydroxylation sites is 1. The van der Waals surface area contributed by atoms with Crippen LogP contribution in [-0.2, 0) is 16.1 Å². The number of imide groups is 1. The van der Waals surface area contributed by atoms with Crippen LogP contribution in [-0.4, -0.2) is 29.4 Å². The molecular formula is C26H22FN3O4. The van der Waals surface area contributed by atoms with Gasteiger partial charge in [0, 0.05) is 11.3 Å². The summed E-state index contributed by atoms with van der Waals surface area (Å²) in [5.74, 6) is -0.913. The second-order valence-corrected chi connectivity index (χ2v) is 7.75. The van der Waals surface area contributed by atoms with Crippen LogP contribution in [0.1, 0.15) is 16.7 Å². The van der Waals surface area contributed by atoms with Gasteiger partial charge in [0.1, 0.15) is 17.3 Å². The highest BCUT2D eigenvalue weighted by Crippen LogP contribution is 2.23. The minimum absolute atomic E-state index is 0.115. The third kappa shape index (κ3) is 5.47. The number of carbonyl (C=O) groups is 3. The van der Waals surface area contributed by atoms with Gasteiger partial charge in [-0.05, 0) is 48.9 Å². The van der Waals surface area contributed by atoms with Crippen LogP contribution in [0, 0.1) is 12.7 Å². The van der Waals surface area contributed by atoms with E-state index in [0.29, 0.717) is 17.0 Å². The summed E-state index contributed by atoms with van der Waals surface area (Å²) in [6.07, 6.45) is 1.52. The van der Waals surface area contributed by atoms with E-state index in [4.69, 9.17) is 4.74 Å². The van der Waals surface area contributed by atoms with Crippen LogP contribution in [0.15, 0.2) is 78.5 Å². The van der Waals surface area contributed by atoms with E-state index in [2.05, 4.69) is 10.6 Å². The van der Waals surface area contributed by atoms with E-state index in [1.807, 2.05) is 31.2 Å². The number of anilines is 1. The van der Waals surface area contributed by atoms with Gasteiger partial charge in [-0.3, -0.25) is 14.5 Å². The molecule has 3 aromatic rings. The second kappa shape index (κ2) is 9.99. The molecule has 1 aliphatic rings. The Morgan fingerprint density at radius 3 is 2.47 bits per heavy atom. The molecule has 1 saturated heterocycles. The maximum atomic E-state index is 13.0. The fourth-order valence-electron chi connectivity index (χ4n) is 3.35. The Morgan fingerprint density at radius 1 is 1.03 bits per heavy atom. The molecule has 1 heterocycles. The van der Waals surface area contributed by atoms with E-state index in [0.717, 1.165) is 16.0 Å². The quantitative estimate of drug-likeness (QED) is 0.409. The number of ether oxygens (including phenoxy) is 1. The number of amides is 4. The number of halogens is 1. The molecule has 0 aromatic heterocycles. The van der Waals surface area contributed by atoms with Gasteiger partial charge in [-0.15, -0.1) is 0 Å². The average molecular weight is 459 g/mol. The van der Waals surface area contributed by atoms with E-state index in [9.17, 15) is 18.8 Å². The highest BCUT2D eigenvalue weighted by atomic mass is 19.1. The Morgan fingerprint density at radius 2 is 1.74 bits per heavy atom. The first kappa shape index (κ1) is 22.7. The molecule has 7 nitrogen and oxygen atoms in total. The van der Waals surface area contributed by atoms with Crippen molar-refractivity contribution in [3.05, 3.63) is 101 Å². The molecule has 4 rings (SSSR count). The zero-order chi connectivity index (χ0) is 24.1. The number of nitrogens with zero attached hydrogens (tertiary/aromatic N) is 1. The van der Waals surface area contributed by atoms with Crippen molar-refractivity contribution in [3.63, 3.8) is 0 Å². The summed E-state index contributed by atoms with van der Waals surface area (Å²) in [7, 11) is 0. The lowest BCUT2D eigenvalue weighted by Gasteiger charge is -2.12. The van der Waals surface area contributed by atoms with Gasteiger partial charge >= 0.3 is 6.03 Å². The summed E-state index contributed by atoms with van der Waals surface area (Å²) in [6, 6.07) is 19.3. The van der Waals surface area contributed by atoms with E-state index >= 15 is 0 Å². The van der Waals surface area contributed by atoms with Gasteiger partial charge in [0.15, 0.2) is 6.61 Å². The SMILES string of the molecule is Cc1ccc(CN2C(=O)NC(=Cc3ccccc3OCC(=O)Nc3ccc(F)cc3)C2=O)cc1. The van der Waals surface area contributed by atoms with Crippen LogP contribution in [0.4, 0.5) is 14.9 Å². The summed E-state index contributed by atoms with van der Waals surface area (Å²) in [5, 5.41) is 5.21. The number of benzene rings is 3. The van der Waals surface area contributed by atoms with Crippen molar-refractivity contribution < 1.29 is 23.5 Å². The average Bonchev–Trinajstić information content (AvgIpc) is 3.08. The van der Waals surface area contributed by atoms with Crippen molar-refractivity contribution in [2.45, 2.75) is 13.5 Å². The van der Waals surface area contributed by atoms with Crippen LogP contribution in [0.5, 0.6) is 5.75 Å². The van der Waals surface area contributed by atoms with Gasteiger partial charge in [0.05, 0.1) is 6.54 Å². The third-order valence-corrected chi connectivity index (χ3v) is 5.13. The minimum Gasteiger partial charge on any atom is -0.483 e. The molecular weight excluding hydrogens is 437 g/mol. The first-order chi connectivity index (χ1) is 16.4. The first-order valence-corrected chi connectivity index (χ1v) is 10.6. The standard InChI is InChI=1S/C26H22FN3O4/c1-17-6-8-18(9-7-17)15-30-25(32)22(29-26(30)33)14-19-4-2-3-5-23(19)34-16-24(31)28-21-12-10-20(27)11-13-21/h2-14H,15-16H2,1H3,(H,28,31)(H,29,33). The zero-order valence-corrected chi connectivity index (χ0v) is 18.4. The maximum Gasteiger partial charge on any atom is 0.329 e. The third-order valence-electron chi connectivity index (χ3n) is 5.13. The molecule has 0 spiro atoms. The van der Waals surface area contributed by atoms with Crippen LogP contribution in [0.3, 0.4) is 0 Å². The Hall–Kier alpha value is -4.46. The number of carbonyl (C=O) groups excluding carboxylic acids is 3. The lowest BCUT2D eigenvalue weighted by Crippen LogP contribution is -2.30. The molecule has 0 aliphatic carbocycles. The predicted molar refractivity (Wildman–Crippen MR) is 125 cm³/mol. The number of nitrogens with one attached hydrogen (secondary N) is 2. The van der Waals surface area contributed by atoms with E-state index in [1.54, 1.807) is 24.3 Å². The zero-order valence-electron chi connectivity index (χ0n) is 18.4. The fourth-order valence-corrected chi connectivity index (χ4v) is 3.35. The molecule has 2 N–H and O–H groups in total. The molecule has 1 fully saturated rings. The summed E-state index contributed by atoms with van der Waals surface area (Å²) in [6.45, 7) is 1.83. The Labute approximate surface area is 195 Å². The fraction of sp³-hybridized carbons (Fsp3) is 0.115. The smallest absolute Gasteiger partial charge is 0.329 e. The normalized spacial score (nSPS) is 14.3. The molecule has 0 saturated carbocycles. The number of hydrogen-bond acceptors (Lipinski definition) is 4. The molecule has 0 bridgehead atoms. The van der Waals surface area contributed by atoms with Gasteiger partial charge in [-0.2, -0.15) is 0 Å². The van der Waals surface area contributed by atoms with Crippen molar-refractivity contribution >= 4 is 29.6 Å². The van der Waals surface area contributed by atoms with Gasteiger partial charge in [0.25, 0.3) is 11.8 Å². The van der Waals surface area contributed by atoms with Crippen molar-refractivity contribution in [1.29, 1.82) is 0 Å². The van der Waals surface area contributed by atoms with E-state index < -0.39 is 23.7 Å². The lowest BCUT2D eigenvalue weighted by atomic mass is 10.1. The molecule has 0 unspecified atom stereocenters. The molecule has 1 aliphatic heterocycles. The van der Waals surface area contributed by atoms with Gasteiger partial charge in [0.2, 0.25) is 0 Å². The summed E-state index contributed by atoms with van der Waals surface area (Å²) in [5.41, 5.74) is 3.01. The van der Waals surface area contributed by atoms with E-state index in [-0.39, 0.29) is 18.8 Å². The summed E-state index contributed by atoms with van der Waals surface area (Å²) in [4.78, 5) is 38.6. The van der Waals surface area contributed by atoms with Crippen LogP contribution < -0.4 is 15.4 Å². The first-order valence-electron chi connectivity index (χ1n) is 10.6. The van der Waals surface area contributed by atoms with E-state index in [1.165, 1.54) is 30.3 Å². The Kier molecular flexibility index (Phi) is 6.68. The highest BCUT2D eigenvalue weighted by molar-refractivity contribution is 6.14. The highest BCUT2D eigenvalue weighted by Gasteiger charge is 2.33. The maximum absolute atomic E-state index is 13.0. The molecule has 3 aromatic carbocycles. The molecule has 0 radical (unpaired) electrons. The van der Waals surface area contributed by atoms with Crippen LogP contribution in [0.2, 0.25) is 0 Å². The summed E-state index contributed by atoms with van der Waals surface area (Å²) >= 11 is 0. The Bertz CT molecular complexity index is 1250. The molecule has 8 heteroatoms. The molecule has 0 atom stereocenters. The minimum atomic E-state index is -0.506. The van der Waals surface area contributed by atoms with Crippen LogP contribution >= 0.6 is 0 Å². The molecule has 34 heavy (non-hydrogen) atoms. The summed E-state index contributed by atoms with van der Waals surface area (Å²) < 4.78 is 18.6. The van der Waals surface area contributed by atoms with Gasteiger partial charge < -0.3 is 15.4 Å². The number of rotatable bonds is 7. The molecule has 4 amide bonds. The largest absolute Gasteiger partial charge is 0.483 e. The van der Waals surface area contributed by atoms with Crippen molar-refractivity contribution in [2.75, 3.05) is 11.9 Å². The van der Waals surface area contributed by atoms with Crippen LogP contribution in [0.25, 0.3) is 6.08 Å². The number of hydrogen-bond donors (Lipinski definition) is 2. The second-order valence-electron chi connectivity index (χ2n) is 7.75. The predicted octanol–water partition coefficient (Wildman–Crippen LogP) is 4.24. The monoisotopic (exact) mass is 459 g/mol. The topological polar surface area (TPSA) is 87.7 Å². The number of urea groups is 1. The Balaban J connectivity index is 1.43. The molecule has 172 valence electrons.